The summed E-state index contributed by atoms with van der Waals surface area (Å²) in [6.07, 6.45) is 0.542. The molecule has 0 aliphatic heterocycles. The van der Waals surface area contributed by atoms with Crippen molar-refractivity contribution >= 4 is 24.4 Å². The summed E-state index contributed by atoms with van der Waals surface area (Å²) in [5.74, 6) is -0.316. The van der Waals surface area contributed by atoms with E-state index in [9.17, 15) is 9.59 Å². The Morgan fingerprint density at radius 2 is 1.90 bits per heavy atom. The summed E-state index contributed by atoms with van der Waals surface area (Å²) in [4.78, 5) is 25.5. The van der Waals surface area contributed by atoms with Gasteiger partial charge in [-0.25, -0.2) is 0 Å². The Kier molecular flexibility index (Phi) is 6.58. The first-order valence-corrected chi connectivity index (χ1v) is 7.24. The molecule has 0 saturated carbocycles. The van der Waals surface area contributed by atoms with Crippen molar-refractivity contribution in [3.05, 3.63) is 35.9 Å². The van der Waals surface area contributed by atoms with Crippen molar-refractivity contribution < 1.29 is 9.59 Å². The fourth-order valence-corrected chi connectivity index (χ4v) is 2.07. The lowest BCUT2D eigenvalue weighted by molar-refractivity contribution is -0.134. The smallest absolute Gasteiger partial charge is 0.244 e. The third-order valence-electron chi connectivity index (χ3n) is 3.15. The van der Waals surface area contributed by atoms with Gasteiger partial charge in [0.2, 0.25) is 11.8 Å². The lowest BCUT2D eigenvalue weighted by Gasteiger charge is -2.21. The molecule has 20 heavy (non-hydrogen) atoms. The van der Waals surface area contributed by atoms with Crippen LogP contribution in [0.15, 0.2) is 30.3 Å². The molecule has 1 N–H and O–H groups in total. The zero-order valence-electron chi connectivity index (χ0n) is 12.2. The topological polar surface area (TPSA) is 49.4 Å². The molecule has 0 bridgehead atoms. The molecule has 2 amide bonds. The Morgan fingerprint density at radius 1 is 1.30 bits per heavy atom. The second-order valence-electron chi connectivity index (χ2n) is 4.79. The average molecular weight is 294 g/mol. The maximum Gasteiger partial charge on any atom is 0.244 e. The third-order valence-corrected chi connectivity index (χ3v) is 3.57. The van der Waals surface area contributed by atoms with Gasteiger partial charge in [0.25, 0.3) is 0 Å². The van der Waals surface area contributed by atoms with Crippen LogP contribution in [-0.4, -0.2) is 41.6 Å². The number of benzene rings is 1. The Balaban J connectivity index is 2.51. The Morgan fingerprint density at radius 3 is 2.45 bits per heavy atom. The van der Waals surface area contributed by atoms with Crippen molar-refractivity contribution in [2.45, 2.75) is 31.6 Å². The van der Waals surface area contributed by atoms with E-state index < -0.39 is 11.3 Å². The van der Waals surface area contributed by atoms with E-state index in [1.807, 2.05) is 37.3 Å². The highest BCUT2D eigenvalue weighted by atomic mass is 32.1. The molecule has 1 rings (SSSR count). The minimum absolute atomic E-state index is 0.0962. The van der Waals surface area contributed by atoms with Gasteiger partial charge in [-0.05, 0) is 25.8 Å². The van der Waals surface area contributed by atoms with Crippen LogP contribution in [0.3, 0.4) is 0 Å². The van der Waals surface area contributed by atoms with Crippen molar-refractivity contribution in [1.29, 1.82) is 0 Å². The van der Waals surface area contributed by atoms with E-state index >= 15 is 0 Å². The van der Waals surface area contributed by atoms with Crippen LogP contribution >= 0.6 is 12.6 Å². The monoisotopic (exact) mass is 294 g/mol. The molecule has 0 saturated heterocycles. The second-order valence-corrected chi connectivity index (χ2v) is 5.41. The van der Waals surface area contributed by atoms with E-state index in [0.717, 1.165) is 5.56 Å². The highest BCUT2D eigenvalue weighted by molar-refractivity contribution is 7.81. The normalized spacial score (nSPS) is 13.4. The van der Waals surface area contributed by atoms with Gasteiger partial charge in [0, 0.05) is 13.6 Å². The van der Waals surface area contributed by atoms with E-state index in [1.165, 1.54) is 0 Å². The van der Waals surface area contributed by atoms with Crippen LogP contribution in [0.25, 0.3) is 0 Å². The predicted molar refractivity (Wildman–Crippen MR) is 83.8 cm³/mol. The van der Waals surface area contributed by atoms with Crippen LogP contribution < -0.4 is 5.32 Å². The van der Waals surface area contributed by atoms with Gasteiger partial charge in [0.15, 0.2) is 0 Å². The van der Waals surface area contributed by atoms with Gasteiger partial charge in [0.05, 0.1) is 5.25 Å². The molecule has 1 aromatic carbocycles. The molecule has 0 fully saturated rings. The molecule has 0 aliphatic rings. The number of amides is 2. The van der Waals surface area contributed by atoms with E-state index in [0.29, 0.717) is 13.0 Å². The minimum Gasteiger partial charge on any atom is -0.344 e. The van der Waals surface area contributed by atoms with E-state index in [2.05, 4.69) is 17.9 Å². The summed E-state index contributed by atoms with van der Waals surface area (Å²) in [6, 6.07) is 9.16. The van der Waals surface area contributed by atoms with Gasteiger partial charge >= 0.3 is 0 Å². The van der Waals surface area contributed by atoms with Gasteiger partial charge in [-0.3, -0.25) is 9.59 Å². The number of carbonyl (C=O) groups excluding carboxylic acids is 2. The molecule has 0 heterocycles. The summed E-state index contributed by atoms with van der Waals surface area (Å²) < 4.78 is 0. The molecule has 110 valence electrons. The lowest BCUT2D eigenvalue weighted by Crippen LogP contribution is -2.47. The molecule has 1 aromatic rings. The summed E-state index contributed by atoms with van der Waals surface area (Å²) in [5, 5.41) is 2.25. The van der Waals surface area contributed by atoms with Crippen LogP contribution in [0, 0.1) is 0 Å². The lowest BCUT2D eigenvalue weighted by atomic mass is 10.1. The van der Waals surface area contributed by atoms with E-state index in [1.54, 1.807) is 18.9 Å². The summed E-state index contributed by atoms with van der Waals surface area (Å²) in [5.41, 5.74) is 1.05. The number of rotatable bonds is 6. The van der Waals surface area contributed by atoms with Crippen LogP contribution in [0.1, 0.15) is 19.4 Å². The number of thiol groups is 1. The van der Waals surface area contributed by atoms with Crippen molar-refractivity contribution in [3.63, 3.8) is 0 Å². The first kappa shape index (κ1) is 16.6. The molecule has 0 aliphatic carbocycles. The average Bonchev–Trinajstić information content (AvgIpc) is 2.46. The maximum atomic E-state index is 12.0. The molecule has 0 radical (unpaired) electrons. The second kappa shape index (κ2) is 7.94. The van der Waals surface area contributed by atoms with Gasteiger partial charge in [-0.15, -0.1) is 0 Å². The number of nitrogens with zero attached hydrogens (tertiary/aromatic N) is 1. The van der Waals surface area contributed by atoms with Gasteiger partial charge < -0.3 is 10.2 Å². The van der Waals surface area contributed by atoms with E-state index in [4.69, 9.17) is 0 Å². The van der Waals surface area contributed by atoms with Crippen molar-refractivity contribution in [2.75, 3.05) is 13.6 Å². The highest BCUT2D eigenvalue weighted by Gasteiger charge is 2.22. The largest absolute Gasteiger partial charge is 0.344 e. The number of likely N-dealkylation sites (N-methyl/N-ethyl adjacent to an activating group) is 1. The summed E-state index contributed by atoms with van der Waals surface area (Å²) in [6.45, 7) is 4.20. The van der Waals surface area contributed by atoms with Crippen LogP contribution in [0.2, 0.25) is 0 Å². The zero-order chi connectivity index (χ0) is 15.1. The standard InChI is InChI=1S/C15H22N2O2S/c1-4-17(3)15(19)11(2)16-14(18)13(20)10-12-8-6-5-7-9-12/h5-9,11,13,20H,4,10H2,1-3H3,(H,16,18). The van der Waals surface area contributed by atoms with Gasteiger partial charge in [0.1, 0.15) is 6.04 Å². The molecular weight excluding hydrogens is 272 g/mol. The van der Waals surface area contributed by atoms with Crippen molar-refractivity contribution in [1.82, 2.24) is 10.2 Å². The fraction of sp³-hybridized carbons (Fsp3) is 0.467. The Labute approximate surface area is 126 Å². The van der Waals surface area contributed by atoms with Gasteiger partial charge in [-0.2, -0.15) is 12.6 Å². The molecule has 0 aromatic heterocycles. The summed E-state index contributed by atoms with van der Waals surface area (Å²) >= 11 is 4.32. The number of hydrogen-bond donors (Lipinski definition) is 2. The van der Waals surface area contributed by atoms with Crippen LogP contribution in [-0.2, 0) is 16.0 Å². The predicted octanol–water partition coefficient (Wildman–Crippen LogP) is 1.51. The van der Waals surface area contributed by atoms with Crippen molar-refractivity contribution in [2.24, 2.45) is 0 Å². The van der Waals surface area contributed by atoms with E-state index in [-0.39, 0.29) is 11.8 Å². The Hall–Kier alpha value is -1.49. The number of hydrogen-bond acceptors (Lipinski definition) is 3. The summed E-state index contributed by atoms with van der Waals surface area (Å²) in [7, 11) is 1.72. The first-order valence-electron chi connectivity index (χ1n) is 6.73. The Bertz CT molecular complexity index is 450. The number of nitrogens with one attached hydrogen (secondary N) is 1. The SMILES string of the molecule is CCN(C)C(=O)C(C)NC(=O)C(S)Cc1ccccc1. The maximum absolute atomic E-state index is 12.0. The third kappa shape index (κ3) is 4.89. The fourth-order valence-electron chi connectivity index (χ4n) is 1.79. The van der Waals surface area contributed by atoms with Crippen molar-refractivity contribution in [3.8, 4) is 0 Å². The number of carbonyl (C=O) groups is 2. The molecule has 2 unspecified atom stereocenters. The molecule has 4 nitrogen and oxygen atoms in total. The van der Waals surface area contributed by atoms with Crippen LogP contribution in [0.4, 0.5) is 0 Å². The molecule has 0 spiro atoms. The van der Waals surface area contributed by atoms with Crippen LogP contribution in [0.5, 0.6) is 0 Å². The quantitative estimate of drug-likeness (QED) is 0.781. The highest BCUT2D eigenvalue weighted by Crippen LogP contribution is 2.08. The van der Waals surface area contributed by atoms with Gasteiger partial charge in [-0.1, -0.05) is 30.3 Å². The molecule has 5 heteroatoms. The molecular formula is C15H22N2O2S. The molecule has 2 atom stereocenters. The minimum atomic E-state index is -0.530. The first-order chi connectivity index (χ1) is 9.45. The zero-order valence-corrected chi connectivity index (χ0v) is 13.1.